The first-order valence-electron chi connectivity index (χ1n) is 8.15. The van der Waals surface area contributed by atoms with E-state index in [2.05, 4.69) is 19.1 Å². The van der Waals surface area contributed by atoms with Gasteiger partial charge in [-0.15, -0.1) is 0 Å². The quantitative estimate of drug-likeness (QED) is 0.399. The van der Waals surface area contributed by atoms with E-state index < -0.39 is 0 Å². The van der Waals surface area contributed by atoms with Crippen molar-refractivity contribution in [3.05, 3.63) is 60.2 Å². The van der Waals surface area contributed by atoms with E-state index in [4.69, 9.17) is 0 Å². The summed E-state index contributed by atoms with van der Waals surface area (Å²) in [5.74, 6) is 2.69. The maximum Gasteiger partial charge on any atom is 0.165 e. The van der Waals surface area contributed by atoms with Crippen LogP contribution in [0.4, 0.5) is 0 Å². The van der Waals surface area contributed by atoms with Gasteiger partial charge in [-0.05, 0) is 48.6 Å². The van der Waals surface area contributed by atoms with Gasteiger partial charge in [0.1, 0.15) is 0 Å². The number of hydrogen-bond donors (Lipinski definition) is 0. The molecule has 0 aliphatic carbocycles. The van der Waals surface area contributed by atoms with Crippen LogP contribution < -0.4 is 0 Å². The van der Waals surface area contributed by atoms with Gasteiger partial charge >= 0.3 is 0 Å². The molecule has 0 aliphatic heterocycles. The number of benzene rings is 2. The molecule has 0 saturated carbocycles. The van der Waals surface area contributed by atoms with Gasteiger partial charge in [-0.1, -0.05) is 55.9 Å². The Balaban J connectivity index is 1.89. The summed E-state index contributed by atoms with van der Waals surface area (Å²) in [5, 5.41) is 0. The second-order valence-corrected chi connectivity index (χ2v) is 8.08. The lowest BCUT2D eigenvalue weighted by molar-refractivity contribution is 0.0924. The third-order valence-electron chi connectivity index (χ3n) is 3.70. The second-order valence-electron chi connectivity index (χ2n) is 5.54. The molecule has 0 saturated heterocycles. The molecule has 0 amide bonds. The van der Waals surface area contributed by atoms with E-state index in [1.54, 1.807) is 11.8 Å². The predicted molar refractivity (Wildman–Crippen MR) is 103 cm³/mol. The van der Waals surface area contributed by atoms with Crippen LogP contribution in [0.3, 0.4) is 0 Å². The summed E-state index contributed by atoms with van der Waals surface area (Å²) in [7, 11) is 0. The summed E-state index contributed by atoms with van der Waals surface area (Å²) in [6.07, 6.45) is 2.10. The molecule has 0 spiro atoms. The van der Waals surface area contributed by atoms with Gasteiger partial charge < -0.3 is 0 Å². The Morgan fingerprint density at radius 2 is 1.65 bits per heavy atom. The molecular weight excluding hydrogens is 320 g/mol. The van der Waals surface area contributed by atoms with Crippen LogP contribution in [0.1, 0.15) is 37.0 Å². The fourth-order valence-corrected chi connectivity index (χ4v) is 3.86. The minimum Gasteiger partial charge on any atom is -0.294 e. The zero-order valence-corrected chi connectivity index (χ0v) is 15.5. The molecule has 122 valence electrons. The molecule has 1 atom stereocenters. The number of carbonyl (C=O) groups excluding carboxylic acids is 1. The van der Waals surface area contributed by atoms with Gasteiger partial charge in [0.15, 0.2) is 5.78 Å². The standard InChI is InChI=1S/C20H24OS2/c1-3-22-15-7-8-16(2)20(21)17-11-13-19(14-12-17)23-18-9-5-4-6-10-18/h4-6,9-14,16H,3,7-8,15H2,1-2H3. The van der Waals surface area contributed by atoms with Crippen LogP contribution in [0.2, 0.25) is 0 Å². The van der Waals surface area contributed by atoms with Gasteiger partial charge in [-0.25, -0.2) is 0 Å². The van der Waals surface area contributed by atoms with Gasteiger partial charge in [0.05, 0.1) is 0 Å². The van der Waals surface area contributed by atoms with Gasteiger partial charge in [0.2, 0.25) is 0 Å². The molecule has 2 aromatic rings. The molecule has 0 heterocycles. The smallest absolute Gasteiger partial charge is 0.165 e. The van der Waals surface area contributed by atoms with Crippen LogP contribution >= 0.6 is 23.5 Å². The largest absolute Gasteiger partial charge is 0.294 e. The van der Waals surface area contributed by atoms with Crippen LogP contribution in [0.15, 0.2) is 64.4 Å². The molecule has 0 bridgehead atoms. The van der Waals surface area contributed by atoms with Crippen molar-refractivity contribution in [2.24, 2.45) is 5.92 Å². The van der Waals surface area contributed by atoms with Crippen molar-refractivity contribution >= 4 is 29.3 Å². The van der Waals surface area contributed by atoms with E-state index in [1.165, 1.54) is 9.79 Å². The van der Waals surface area contributed by atoms with E-state index in [0.717, 1.165) is 29.9 Å². The maximum absolute atomic E-state index is 12.5. The van der Waals surface area contributed by atoms with Crippen LogP contribution in [-0.4, -0.2) is 17.3 Å². The van der Waals surface area contributed by atoms with Crippen molar-refractivity contribution in [1.82, 2.24) is 0 Å². The summed E-state index contributed by atoms with van der Waals surface area (Å²) >= 11 is 3.67. The van der Waals surface area contributed by atoms with Gasteiger partial charge in [0.25, 0.3) is 0 Å². The molecule has 0 fully saturated rings. The Hall–Kier alpha value is -1.19. The van der Waals surface area contributed by atoms with Gasteiger partial charge in [-0.3, -0.25) is 4.79 Å². The van der Waals surface area contributed by atoms with Crippen molar-refractivity contribution in [2.45, 2.75) is 36.5 Å². The van der Waals surface area contributed by atoms with Crippen LogP contribution in [0.5, 0.6) is 0 Å². The summed E-state index contributed by atoms with van der Waals surface area (Å²) in [5.41, 5.74) is 0.832. The van der Waals surface area contributed by atoms with Crippen LogP contribution in [-0.2, 0) is 0 Å². The van der Waals surface area contributed by atoms with E-state index in [0.29, 0.717) is 0 Å². The Labute approximate surface area is 148 Å². The monoisotopic (exact) mass is 344 g/mol. The Kier molecular flexibility index (Phi) is 7.77. The minimum absolute atomic E-state index is 0.111. The molecule has 0 radical (unpaired) electrons. The lowest BCUT2D eigenvalue weighted by Crippen LogP contribution is -2.11. The molecule has 3 heteroatoms. The summed E-state index contributed by atoms with van der Waals surface area (Å²) in [6.45, 7) is 4.22. The van der Waals surface area contributed by atoms with E-state index in [9.17, 15) is 4.79 Å². The zero-order valence-electron chi connectivity index (χ0n) is 13.8. The SMILES string of the molecule is CCSCCCC(C)C(=O)c1ccc(Sc2ccccc2)cc1. The lowest BCUT2D eigenvalue weighted by atomic mass is 9.95. The molecule has 1 nitrogen and oxygen atoms in total. The number of Topliss-reactive ketones (excluding diaryl/α,β-unsaturated/α-hetero) is 1. The molecule has 0 N–H and O–H groups in total. The van der Waals surface area contributed by atoms with Crippen molar-refractivity contribution in [2.75, 3.05) is 11.5 Å². The highest BCUT2D eigenvalue weighted by molar-refractivity contribution is 7.99. The first-order valence-corrected chi connectivity index (χ1v) is 10.1. The van der Waals surface area contributed by atoms with E-state index >= 15 is 0 Å². The minimum atomic E-state index is 0.111. The average Bonchev–Trinajstić information content (AvgIpc) is 2.59. The van der Waals surface area contributed by atoms with Crippen LogP contribution in [0, 0.1) is 5.92 Å². The molecule has 2 aromatic carbocycles. The number of ketones is 1. The number of hydrogen-bond acceptors (Lipinski definition) is 3. The fraction of sp³-hybridized carbons (Fsp3) is 0.350. The topological polar surface area (TPSA) is 17.1 Å². The van der Waals surface area contributed by atoms with Crippen LogP contribution in [0.25, 0.3) is 0 Å². The van der Waals surface area contributed by atoms with E-state index in [1.807, 2.05) is 61.2 Å². The highest BCUT2D eigenvalue weighted by atomic mass is 32.2. The van der Waals surface area contributed by atoms with Crippen molar-refractivity contribution in [3.8, 4) is 0 Å². The second kappa shape index (κ2) is 9.84. The molecule has 0 aromatic heterocycles. The number of carbonyl (C=O) groups is 1. The van der Waals surface area contributed by atoms with Crippen molar-refractivity contribution < 1.29 is 4.79 Å². The lowest BCUT2D eigenvalue weighted by Gasteiger charge is -2.10. The highest BCUT2D eigenvalue weighted by Gasteiger charge is 2.14. The molecular formula is C20H24OS2. The summed E-state index contributed by atoms with van der Waals surface area (Å²) in [6, 6.07) is 18.3. The Morgan fingerprint density at radius 1 is 1.00 bits per heavy atom. The summed E-state index contributed by atoms with van der Waals surface area (Å²) in [4.78, 5) is 14.8. The van der Waals surface area contributed by atoms with Gasteiger partial charge in [0, 0.05) is 21.3 Å². The van der Waals surface area contributed by atoms with Gasteiger partial charge in [-0.2, -0.15) is 11.8 Å². The number of thioether (sulfide) groups is 1. The Bertz CT molecular complexity index is 593. The van der Waals surface area contributed by atoms with Crippen molar-refractivity contribution in [3.63, 3.8) is 0 Å². The zero-order chi connectivity index (χ0) is 16.5. The third-order valence-corrected chi connectivity index (χ3v) is 5.70. The maximum atomic E-state index is 12.5. The molecule has 2 rings (SSSR count). The fourth-order valence-electron chi connectivity index (χ4n) is 2.36. The molecule has 1 unspecified atom stereocenters. The summed E-state index contributed by atoms with van der Waals surface area (Å²) < 4.78 is 0. The predicted octanol–water partition coefficient (Wildman–Crippen LogP) is 6.19. The number of rotatable bonds is 9. The van der Waals surface area contributed by atoms with Crippen molar-refractivity contribution in [1.29, 1.82) is 0 Å². The Morgan fingerprint density at radius 3 is 2.30 bits per heavy atom. The third kappa shape index (κ3) is 6.08. The normalized spacial score (nSPS) is 12.1. The average molecular weight is 345 g/mol. The first-order chi connectivity index (χ1) is 11.2. The molecule has 23 heavy (non-hydrogen) atoms. The molecule has 0 aliphatic rings. The van der Waals surface area contributed by atoms with E-state index in [-0.39, 0.29) is 11.7 Å². The first kappa shape index (κ1) is 18.2. The highest BCUT2D eigenvalue weighted by Crippen LogP contribution is 2.28.